The predicted octanol–water partition coefficient (Wildman–Crippen LogP) is 0.744. The maximum Gasteiger partial charge on any atom is 0.414 e. The number of carboxylic acid groups (broad SMARTS) is 2. The molecule has 0 aromatic heterocycles. The summed E-state index contributed by atoms with van der Waals surface area (Å²) in [5.41, 5.74) is 1.25. The molecule has 2 rings (SSSR count). The Hall–Kier alpha value is -2.32. The first-order valence-corrected chi connectivity index (χ1v) is 8.13. The molecule has 25 heavy (non-hydrogen) atoms. The van der Waals surface area contributed by atoms with Crippen molar-refractivity contribution in [2.45, 2.75) is 19.4 Å². The third-order valence-corrected chi connectivity index (χ3v) is 3.93. The highest BCUT2D eigenvalue weighted by molar-refractivity contribution is 6.27. The summed E-state index contributed by atoms with van der Waals surface area (Å²) in [6.45, 7) is 6.89. The van der Waals surface area contributed by atoms with E-state index in [9.17, 15) is 5.11 Å². The first kappa shape index (κ1) is 20.7. The standard InChI is InChI=1S/C15H24N2O2.C2H2O4/c1-3-14(18)12-16-8-10-17(11-9-16)13-4-6-15(19-2)7-5-13;3-1(4)2(5)6/h4-7,14,18H,3,8-12H2,1-2H3;(H,3,4)(H,5,6). The van der Waals surface area contributed by atoms with E-state index in [1.54, 1.807) is 7.11 Å². The van der Waals surface area contributed by atoms with Crippen LogP contribution in [-0.4, -0.2) is 78.1 Å². The van der Waals surface area contributed by atoms with E-state index in [1.807, 2.05) is 19.1 Å². The third kappa shape index (κ3) is 7.40. The summed E-state index contributed by atoms with van der Waals surface area (Å²) in [7, 11) is 1.69. The van der Waals surface area contributed by atoms with Crippen molar-refractivity contribution in [3.05, 3.63) is 24.3 Å². The monoisotopic (exact) mass is 354 g/mol. The number of nitrogens with zero attached hydrogens (tertiary/aromatic N) is 2. The van der Waals surface area contributed by atoms with E-state index in [0.29, 0.717) is 0 Å². The molecule has 0 saturated carbocycles. The zero-order valence-electron chi connectivity index (χ0n) is 14.6. The van der Waals surface area contributed by atoms with Crippen LogP contribution in [0.3, 0.4) is 0 Å². The minimum atomic E-state index is -1.82. The summed E-state index contributed by atoms with van der Waals surface area (Å²) in [5, 5.41) is 24.5. The number of anilines is 1. The molecule has 3 N–H and O–H groups in total. The zero-order chi connectivity index (χ0) is 18.8. The van der Waals surface area contributed by atoms with E-state index in [-0.39, 0.29) is 6.10 Å². The molecule has 1 aliphatic heterocycles. The smallest absolute Gasteiger partial charge is 0.414 e. The molecule has 140 valence electrons. The van der Waals surface area contributed by atoms with Gasteiger partial charge >= 0.3 is 11.9 Å². The van der Waals surface area contributed by atoms with Crippen LogP contribution in [0, 0.1) is 0 Å². The molecule has 0 aliphatic carbocycles. The van der Waals surface area contributed by atoms with Gasteiger partial charge in [0.05, 0.1) is 13.2 Å². The first-order valence-electron chi connectivity index (χ1n) is 8.13. The van der Waals surface area contributed by atoms with E-state index >= 15 is 0 Å². The maximum absolute atomic E-state index is 9.68. The summed E-state index contributed by atoms with van der Waals surface area (Å²) >= 11 is 0. The molecule has 0 radical (unpaired) electrons. The van der Waals surface area contributed by atoms with Gasteiger partial charge in [0.25, 0.3) is 0 Å². The van der Waals surface area contributed by atoms with Crippen LogP contribution in [0.15, 0.2) is 24.3 Å². The Morgan fingerprint density at radius 1 is 1.08 bits per heavy atom. The number of β-amino-alcohol motifs (C(OH)–C–C–N with tert-alkyl or cyclic N) is 1. The number of aliphatic hydroxyl groups excluding tert-OH is 1. The first-order chi connectivity index (χ1) is 11.9. The van der Waals surface area contributed by atoms with Crippen molar-refractivity contribution in [1.29, 1.82) is 0 Å². The number of hydrogen-bond acceptors (Lipinski definition) is 6. The lowest BCUT2D eigenvalue weighted by Gasteiger charge is -2.36. The van der Waals surface area contributed by atoms with E-state index < -0.39 is 11.9 Å². The minimum absolute atomic E-state index is 0.187. The molecule has 1 aromatic carbocycles. The summed E-state index contributed by atoms with van der Waals surface area (Å²) in [5.74, 6) is -2.75. The molecule has 1 aromatic rings. The zero-order valence-corrected chi connectivity index (χ0v) is 14.6. The van der Waals surface area contributed by atoms with Gasteiger partial charge in [0.1, 0.15) is 5.75 Å². The largest absolute Gasteiger partial charge is 0.497 e. The molecule has 1 atom stereocenters. The number of aliphatic hydroxyl groups is 1. The molecule has 1 saturated heterocycles. The van der Waals surface area contributed by atoms with Gasteiger partial charge in [-0.2, -0.15) is 0 Å². The highest BCUT2D eigenvalue weighted by Gasteiger charge is 2.18. The molecule has 1 unspecified atom stereocenters. The number of carbonyl (C=O) groups is 2. The van der Waals surface area contributed by atoms with Crippen LogP contribution in [0.2, 0.25) is 0 Å². The Kier molecular flexibility index (Phi) is 8.73. The van der Waals surface area contributed by atoms with Crippen molar-refractivity contribution in [2.75, 3.05) is 44.7 Å². The van der Waals surface area contributed by atoms with Gasteiger partial charge in [0.15, 0.2) is 0 Å². The fourth-order valence-electron chi connectivity index (χ4n) is 2.41. The number of carboxylic acids is 2. The summed E-state index contributed by atoms with van der Waals surface area (Å²) < 4.78 is 5.18. The summed E-state index contributed by atoms with van der Waals surface area (Å²) in [4.78, 5) is 22.9. The lowest BCUT2D eigenvalue weighted by molar-refractivity contribution is -0.159. The van der Waals surface area contributed by atoms with Gasteiger partial charge in [0.2, 0.25) is 0 Å². The molecule has 0 amide bonds. The Balaban J connectivity index is 0.000000450. The second-order valence-electron chi connectivity index (χ2n) is 5.66. The van der Waals surface area contributed by atoms with Gasteiger partial charge < -0.3 is 25.0 Å². The Labute approximate surface area is 147 Å². The Morgan fingerprint density at radius 3 is 2.00 bits per heavy atom. The van der Waals surface area contributed by atoms with E-state index in [4.69, 9.17) is 24.5 Å². The fourth-order valence-corrected chi connectivity index (χ4v) is 2.41. The third-order valence-electron chi connectivity index (χ3n) is 3.93. The number of hydrogen-bond donors (Lipinski definition) is 3. The normalized spacial score (nSPS) is 15.7. The van der Waals surface area contributed by atoms with Crippen molar-refractivity contribution >= 4 is 17.6 Å². The van der Waals surface area contributed by atoms with Crippen molar-refractivity contribution in [3.63, 3.8) is 0 Å². The van der Waals surface area contributed by atoms with Gasteiger partial charge in [-0.3, -0.25) is 4.90 Å². The molecule has 1 fully saturated rings. The molecule has 0 bridgehead atoms. The molecule has 1 heterocycles. The lowest BCUT2D eigenvalue weighted by Crippen LogP contribution is -2.48. The molecule has 8 heteroatoms. The second-order valence-corrected chi connectivity index (χ2v) is 5.66. The van der Waals surface area contributed by atoms with Crippen molar-refractivity contribution in [1.82, 2.24) is 4.90 Å². The van der Waals surface area contributed by atoms with Gasteiger partial charge in [-0.05, 0) is 30.7 Å². The predicted molar refractivity (Wildman–Crippen MR) is 93.2 cm³/mol. The van der Waals surface area contributed by atoms with E-state index in [0.717, 1.165) is 44.9 Å². The molecule has 1 aliphatic rings. The average Bonchev–Trinajstić information content (AvgIpc) is 2.62. The highest BCUT2D eigenvalue weighted by atomic mass is 16.5. The number of rotatable bonds is 5. The van der Waals surface area contributed by atoms with Crippen molar-refractivity contribution < 1.29 is 29.6 Å². The summed E-state index contributed by atoms with van der Waals surface area (Å²) in [6.07, 6.45) is 0.645. The Bertz CT molecular complexity index is 529. The molecular weight excluding hydrogens is 328 g/mol. The topological polar surface area (TPSA) is 111 Å². The van der Waals surface area contributed by atoms with Crippen LogP contribution >= 0.6 is 0 Å². The number of aliphatic carboxylic acids is 2. The SMILES string of the molecule is CCC(O)CN1CCN(c2ccc(OC)cc2)CC1.O=C(O)C(=O)O. The number of methoxy groups -OCH3 is 1. The molecule has 8 nitrogen and oxygen atoms in total. The van der Waals surface area contributed by atoms with Gasteiger partial charge in [-0.25, -0.2) is 9.59 Å². The van der Waals surface area contributed by atoms with Crippen LogP contribution in [0.1, 0.15) is 13.3 Å². The van der Waals surface area contributed by atoms with Crippen molar-refractivity contribution in [2.24, 2.45) is 0 Å². The van der Waals surface area contributed by atoms with Gasteiger partial charge in [-0.15, -0.1) is 0 Å². The Morgan fingerprint density at radius 2 is 1.60 bits per heavy atom. The minimum Gasteiger partial charge on any atom is -0.497 e. The van der Waals surface area contributed by atoms with Crippen LogP contribution in [0.4, 0.5) is 5.69 Å². The number of piperazine rings is 1. The second kappa shape index (κ2) is 10.5. The number of benzene rings is 1. The number of ether oxygens (including phenoxy) is 1. The van der Waals surface area contributed by atoms with Crippen molar-refractivity contribution in [3.8, 4) is 5.75 Å². The van der Waals surface area contributed by atoms with E-state index in [2.05, 4.69) is 21.9 Å². The fraction of sp³-hybridized carbons (Fsp3) is 0.529. The summed E-state index contributed by atoms with van der Waals surface area (Å²) in [6, 6.07) is 8.22. The average molecular weight is 354 g/mol. The van der Waals surface area contributed by atoms with Crippen LogP contribution in [-0.2, 0) is 9.59 Å². The maximum atomic E-state index is 9.68. The van der Waals surface area contributed by atoms with Gasteiger partial charge in [0, 0.05) is 38.4 Å². The van der Waals surface area contributed by atoms with Crippen LogP contribution in [0.5, 0.6) is 5.75 Å². The van der Waals surface area contributed by atoms with Crippen LogP contribution in [0.25, 0.3) is 0 Å². The quantitative estimate of drug-likeness (QED) is 0.664. The van der Waals surface area contributed by atoms with Crippen LogP contribution < -0.4 is 9.64 Å². The highest BCUT2D eigenvalue weighted by Crippen LogP contribution is 2.20. The van der Waals surface area contributed by atoms with Gasteiger partial charge in [-0.1, -0.05) is 6.92 Å². The molecular formula is C17H26N2O6. The van der Waals surface area contributed by atoms with E-state index in [1.165, 1.54) is 5.69 Å². The molecule has 0 spiro atoms. The lowest BCUT2D eigenvalue weighted by atomic mass is 10.2.